The Balaban J connectivity index is 1.76. The zero-order valence-corrected chi connectivity index (χ0v) is 11.4. The van der Waals surface area contributed by atoms with E-state index in [4.69, 9.17) is 4.42 Å². The molecule has 0 aliphatic carbocycles. The molecule has 6 nitrogen and oxygen atoms in total. The maximum Gasteiger partial charge on any atom is 0.269 e. The lowest BCUT2D eigenvalue weighted by Crippen LogP contribution is -1.86. The van der Waals surface area contributed by atoms with Crippen LogP contribution in [0.5, 0.6) is 0 Å². The average molecular weight is 293 g/mol. The van der Waals surface area contributed by atoms with Crippen LogP contribution in [0.4, 0.5) is 5.69 Å². The maximum atomic E-state index is 10.6. The van der Waals surface area contributed by atoms with Crippen LogP contribution in [0.15, 0.2) is 59.0 Å². The average Bonchev–Trinajstić information content (AvgIpc) is 3.03. The summed E-state index contributed by atoms with van der Waals surface area (Å²) in [6.07, 6.45) is 3.42. The fourth-order valence-corrected chi connectivity index (χ4v) is 1.87. The number of hydrogen-bond acceptors (Lipinski definition) is 5. The molecule has 3 aromatic rings. The molecule has 0 N–H and O–H groups in total. The number of non-ortho nitro benzene ring substituents is 1. The first-order valence-electron chi connectivity index (χ1n) is 6.54. The molecule has 0 atom stereocenters. The van der Waals surface area contributed by atoms with Crippen molar-refractivity contribution in [2.75, 3.05) is 0 Å². The monoisotopic (exact) mass is 293 g/mol. The van der Waals surface area contributed by atoms with E-state index in [-0.39, 0.29) is 5.69 Å². The Morgan fingerprint density at radius 1 is 0.955 bits per heavy atom. The van der Waals surface area contributed by atoms with Crippen LogP contribution in [0.1, 0.15) is 11.5 Å². The predicted octanol–water partition coefficient (Wildman–Crippen LogP) is 3.82. The molecule has 3 rings (SSSR count). The third kappa shape index (κ3) is 3.06. The van der Waals surface area contributed by atoms with Crippen molar-refractivity contribution >= 4 is 17.8 Å². The number of aromatic nitrogens is 2. The van der Waals surface area contributed by atoms with Crippen molar-refractivity contribution in [1.82, 2.24) is 10.2 Å². The highest BCUT2D eigenvalue weighted by atomic mass is 16.6. The number of nitro groups is 1. The van der Waals surface area contributed by atoms with Gasteiger partial charge in [-0.1, -0.05) is 18.2 Å². The van der Waals surface area contributed by atoms with Crippen LogP contribution in [0, 0.1) is 10.1 Å². The molecule has 2 aromatic carbocycles. The van der Waals surface area contributed by atoms with Gasteiger partial charge in [0.25, 0.3) is 5.69 Å². The Kier molecular flexibility index (Phi) is 3.74. The molecule has 0 bridgehead atoms. The summed E-state index contributed by atoms with van der Waals surface area (Å²) in [7, 11) is 0. The molecule has 0 aliphatic heterocycles. The SMILES string of the molecule is O=[N+]([O-])c1ccc(/C=C/c2nnc(-c3ccccc3)o2)cc1. The quantitative estimate of drug-likeness (QED) is 0.539. The second kappa shape index (κ2) is 6.01. The first kappa shape index (κ1) is 13.7. The molecule has 0 radical (unpaired) electrons. The third-order valence-corrected chi connectivity index (χ3v) is 2.98. The van der Waals surface area contributed by atoms with Gasteiger partial charge in [-0.15, -0.1) is 10.2 Å². The van der Waals surface area contributed by atoms with Crippen molar-refractivity contribution in [2.45, 2.75) is 0 Å². The van der Waals surface area contributed by atoms with Gasteiger partial charge in [-0.2, -0.15) is 0 Å². The molecule has 0 spiro atoms. The Hall–Kier alpha value is -3.28. The van der Waals surface area contributed by atoms with Gasteiger partial charge < -0.3 is 4.42 Å². The molecule has 108 valence electrons. The van der Waals surface area contributed by atoms with Crippen LogP contribution in [-0.2, 0) is 0 Å². The molecule has 6 heteroatoms. The summed E-state index contributed by atoms with van der Waals surface area (Å²) >= 11 is 0. The van der Waals surface area contributed by atoms with E-state index in [1.165, 1.54) is 12.1 Å². The topological polar surface area (TPSA) is 82.1 Å². The Morgan fingerprint density at radius 3 is 2.36 bits per heavy atom. The zero-order chi connectivity index (χ0) is 15.4. The molecule has 0 fully saturated rings. The van der Waals surface area contributed by atoms with Gasteiger partial charge in [0.2, 0.25) is 11.8 Å². The molecule has 0 saturated heterocycles. The maximum absolute atomic E-state index is 10.6. The van der Waals surface area contributed by atoms with Crippen LogP contribution in [0.3, 0.4) is 0 Å². The summed E-state index contributed by atoms with van der Waals surface area (Å²) in [4.78, 5) is 10.2. The molecule has 22 heavy (non-hydrogen) atoms. The number of nitro benzene ring substituents is 1. The van der Waals surface area contributed by atoms with Crippen LogP contribution in [0.2, 0.25) is 0 Å². The molecule has 0 amide bonds. The van der Waals surface area contributed by atoms with Gasteiger partial charge in [0.05, 0.1) is 4.92 Å². The molecule has 0 saturated carbocycles. The van der Waals surface area contributed by atoms with E-state index in [9.17, 15) is 10.1 Å². The van der Waals surface area contributed by atoms with Crippen LogP contribution >= 0.6 is 0 Å². The lowest BCUT2D eigenvalue weighted by atomic mass is 10.2. The normalized spacial score (nSPS) is 10.9. The van der Waals surface area contributed by atoms with E-state index >= 15 is 0 Å². The summed E-state index contributed by atoms with van der Waals surface area (Å²) in [5.74, 6) is 0.821. The second-order valence-corrected chi connectivity index (χ2v) is 4.49. The van der Waals surface area contributed by atoms with Gasteiger partial charge in [0.15, 0.2) is 0 Å². The minimum Gasteiger partial charge on any atom is -0.417 e. The summed E-state index contributed by atoms with van der Waals surface area (Å²) in [5.41, 5.74) is 1.72. The zero-order valence-electron chi connectivity index (χ0n) is 11.4. The minimum atomic E-state index is -0.433. The van der Waals surface area contributed by atoms with Crippen molar-refractivity contribution < 1.29 is 9.34 Å². The Labute approximate surface area is 125 Å². The molecular formula is C16H11N3O3. The van der Waals surface area contributed by atoms with E-state index in [2.05, 4.69) is 10.2 Å². The van der Waals surface area contributed by atoms with E-state index < -0.39 is 4.92 Å². The van der Waals surface area contributed by atoms with Crippen LogP contribution in [0.25, 0.3) is 23.6 Å². The van der Waals surface area contributed by atoms with E-state index in [1.54, 1.807) is 24.3 Å². The van der Waals surface area contributed by atoms with E-state index in [1.807, 2.05) is 30.3 Å². The van der Waals surface area contributed by atoms with Gasteiger partial charge in [-0.3, -0.25) is 10.1 Å². The predicted molar refractivity (Wildman–Crippen MR) is 81.8 cm³/mol. The van der Waals surface area contributed by atoms with Gasteiger partial charge in [0, 0.05) is 23.8 Å². The first-order valence-corrected chi connectivity index (χ1v) is 6.54. The van der Waals surface area contributed by atoms with Crippen molar-refractivity contribution in [3.8, 4) is 11.5 Å². The molecule has 1 aromatic heterocycles. The minimum absolute atomic E-state index is 0.0568. The van der Waals surface area contributed by atoms with Crippen molar-refractivity contribution in [2.24, 2.45) is 0 Å². The highest BCUT2D eigenvalue weighted by molar-refractivity contribution is 5.67. The molecular weight excluding hydrogens is 282 g/mol. The van der Waals surface area contributed by atoms with Crippen LogP contribution < -0.4 is 0 Å². The number of hydrogen-bond donors (Lipinski definition) is 0. The lowest BCUT2D eigenvalue weighted by Gasteiger charge is -1.93. The second-order valence-electron chi connectivity index (χ2n) is 4.49. The first-order chi connectivity index (χ1) is 10.7. The lowest BCUT2D eigenvalue weighted by molar-refractivity contribution is -0.384. The van der Waals surface area contributed by atoms with Crippen LogP contribution in [-0.4, -0.2) is 15.1 Å². The smallest absolute Gasteiger partial charge is 0.269 e. The Bertz CT molecular complexity index is 808. The molecule has 1 heterocycles. The molecule has 0 aliphatic rings. The highest BCUT2D eigenvalue weighted by Gasteiger charge is 2.06. The number of benzene rings is 2. The fourth-order valence-electron chi connectivity index (χ4n) is 1.87. The van der Waals surface area contributed by atoms with Gasteiger partial charge in [0.1, 0.15) is 0 Å². The standard InChI is InChI=1S/C16H11N3O3/c20-19(21)14-9-6-12(7-10-14)8-11-15-17-18-16(22-15)13-4-2-1-3-5-13/h1-11H/b11-8+. The van der Waals surface area contributed by atoms with E-state index in [0.717, 1.165) is 11.1 Å². The highest BCUT2D eigenvalue weighted by Crippen LogP contribution is 2.18. The van der Waals surface area contributed by atoms with Gasteiger partial charge in [-0.05, 0) is 35.9 Å². The van der Waals surface area contributed by atoms with Gasteiger partial charge in [-0.25, -0.2) is 0 Å². The number of nitrogens with zero attached hydrogens (tertiary/aromatic N) is 3. The molecule has 0 unspecified atom stereocenters. The number of rotatable bonds is 4. The van der Waals surface area contributed by atoms with Crippen molar-refractivity contribution in [3.05, 3.63) is 76.2 Å². The van der Waals surface area contributed by atoms with Crippen molar-refractivity contribution in [3.63, 3.8) is 0 Å². The largest absolute Gasteiger partial charge is 0.417 e. The van der Waals surface area contributed by atoms with Gasteiger partial charge >= 0.3 is 0 Å². The summed E-state index contributed by atoms with van der Waals surface area (Å²) in [5, 5.41) is 18.5. The fraction of sp³-hybridized carbons (Fsp3) is 0. The summed E-state index contributed by atoms with van der Waals surface area (Å²) in [6, 6.07) is 15.7. The summed E-state index contributed by atoms with van der Waals surface area (Å²) < 4.78 is 5.54. The Morgan fingerprint density at radius 2 is 1.68 bits per heavy atom. The van der Waals surface area contributed by atoms with Crippen molar-refractivity contribution in [1.29, 1.82) is 0 Å². The summed E-state index contributed by atoms with van der Waals surface area (Å²) in [6.45, 7) is 0. The third-order valence-electron chi connectivity index (χ3n) is 2.98. The van der Waals surface area contributed by atoms with E-state index in [0.29, 0.717) is 11.8 Å².